The fraction of sp³-hybridized carbons (Fsp3) is 0. The first-order chi connectivity index (χ1) is 6.25. The monoisotopic (exact) mass is 173 g/mol. The molecular weight excluding hydrogens is 168 g/mol. The minimum Gasteiger partial charge on any atom is -0.501 e. The zero-order chi connectivity index (χ0) is 9.42. The molecule has 0 aliphatic heterocycles. The zero-order valence-electron chi connectivity index (χ0n) is 6.56. The molecule has 1 aliphatic rings. The van der Waals surface area contributed by atoms with Gasteiger partial charge in [-0.3, -0.25) is 4.79 Å². The summed E-state index contributed by atoms with van der Waals surface area (Å²) >= 11 is 0. The molecule has 1 N–H and O–H groups in total. The van der Waals surface area contributed by atoms with Gasteiger partial charge in [0.15, 0.2) is 4.98 Å². The van der Waals surface area contributed by atoms with Gasteiger partial charge in [-0.15, -0.1) is 0 Å². The molecule has 13 heavy (non-hydrogen) atoms. The minimum absolute atomic E-state index is 0.261. The van der Waals surface area contributed by atoms with Crippen LogP contribution in [0.4, 0.5) is 0 Å². The number of nitrogens with zero attached hydrogens (tertiary/aromatic N) is 2. The second-order valence-electron chi connectivity index (χ2n) is 2.67. The SMILES string of the molecule is N#[N+]C1=C(O)c2ccccc2C1=O. The molecule has 0 fully saturated rings. The van der Waals surface area contributed by atoms with Gasteiger partial charge in [-0.25, -0.2) is 0 Å². The molecule has 0 aromatic heterocycles. The van der Waals surface area contributed by atoms with Gasteiger partial charge >= 0.3 is 5.70 Å². The molecule has 0 atom stereocenters. The Morgan fingerprint density at radius 3 is 2.38 bits per heavy atom. The van der Waals surface area contributed by atoms with Gasteiger partial charge < -0.3 is 5.11 Å². The van der Waals surface area contributed by atoms with Crippen LogP contribution >= 0.6 is 0 Å². The van der Waals surface area contributed by atoms with Crippen molar-refractivity contribution in [2.24, 2.45) is 0 Å². The Morgan fingerprint density at radius 2 is 1.85 bits per heavy atom. The Bertz CT molecular complexity index is 469. The molecule has 1 aromatic rings. The number of aliphatic hydroxyl groups is 1. The normalized spacial score (nSPS) is 14.2. The van der Waals surface area contributed by atoms with Crippen molar-refractivity contribution in [3.8, 4) is 0 Å². The van der Waals surface area contributed by atoms with E-state index >= 15 is 0 Å². The maximum Gasteiger partial charge on any atom is 0.473 e. The fourth-order valence-corrected chi connectivity index (χ4v) is 1.34. The van der Waals surface area contributed by atoms with Gasteiger partial charge in [0, 0.05) is 11.1 Å². The zero-order valence-corrected chi connectivity index (χ0v) is 6.56. The first-order valence-electron chi connectivity index (χ1n) is 3.68. The van der Waals surface area contributed by atoms with Crippen molar-refractivity contribution < 1.29 is 9.90 Å². The number of allylic oxidation sites excluding steroid dienone is 1. The van der Waals surface area contributed by atoms with Gasteiger partial charge in [0.1, 0.15) is 0 Å². The summed E-state index contributed by atoms with van der Waals surface area (Å²) in [4.78, 5) is 14.1. The predicted molar refractivity (Wildman–Crippen MR) is 45.4 cm³/mol. The summed E-state index contributed by atoms with van der Waals surface area (Å²) < 4.78 is 0. The third-order valence-electron chi connectivity index (χ3n) is 1.97. The van der Waals surface area contributed by atoms with Crippen molar-refractivity contribution in [3.05, 3.63) is 46.1 Å². The summed E-state index contributed by atoms with van der Waals surface area (Å²) in [6.07, 6.45) is 0. The Kier molecular flexibility index (Phi) is 1.40. The van der Waals surface area contributed by atoms with Crippen LogP contribution in [0.1, 0.15) is 15.9 Å². The second kappa shape index (κ2) is 2.42. The van der Waals surface area contributed by atoms with Gasteiger partial charge in [0.05, 0.1) is 0 Å². The minimum atomic E-state index is -0.449. The van der Waals surface area contributed by atoms with Crippen LogP contribution in [-0.4, -0.2) is 10.9 Å². The molecule has 62 valence electrons. The second-order valence-corrected chi connectivity index (χ2v) is 2.67. The lowest BCUT2D eigenvalue weighted by Gasteiger charge is -1.93. The maximum absolute atomic E-state index is 11.4. The van der Waals surface area contributed by atoms with Crippen molar-refractivity contribution >= 4 is 11.5 Å². The summed E-state index contributed by atoms with van der Waals surface area (Å²) in [6.45, 7) is 0. The summed E-state index contributed by atoms with van der Waals surface area (Å²) in [6, 6.07) is 6.56. The Morgan fingerprint density at radius 1 is 1.23 bits per heavy atom. The summed E-state index contributed by atoms with van der Waals surface area (Å²) in [5.41, 5.74) is 0.495. The molecular formula is C9H5N2O2+. The van der Waals surface area contributed by atoms with Crippen molar-refractivity contribution in [1.82, 2.24) is 0 Å². The van der Waals surface area contributed by atoms with Crippen molar-refractivity contribution in [3.63, 3.8) is 0 Å². The molecule has 0 saturated carbocycles. The van der Waals surface area contributed by atoms with E-state index in [9.17, 15) is 9.90 Å². The first-order valence-corrected chi connectivity index (χ1v) is 3.68. The Labute approximate surface area is 73.7 Å². The highest BCUT2D eigenvalue weighted by Gasteiger charge is 2.39. The highest BCUT2D eigenvalue weighted by atomic mass is 16.3. The molecule has 0 spiro atoms. The number of diazo groups is 1. The molecule has 0 radical (unpaired) electrons. The van der Waals surface area contributed by atoms with Gasteiger partial charge in [-0.05, 0) is 6.07 Å². The van der Waals surface area contributed by atoms with E-state index in [4.69, 9.17) is 5.39 Å². The topological polar surface area (TPSA) is 65.4 Å². The van der Waals surface area contributed by atoms with Gasteiger partial charge in [-0.2, -0.15) is 0 Å². The molecule has 1 aromatic carbocycles. The smallest absolute Gasteiger partial charge is 0.473 e. The number of fused-ring (bicyclic) bond motifs is 1. The lowest BCUT2D eigenvalue weighted by atomic mass is 10.1. The van der Waals surface area contributed by atoms with Crippen LogP contribution in [0.2, 0.25) is 0 Å². The van der Waals surface area contributed by atoms with E-state index in [1.165, 1.54) is 0 Å². The van der Waals surface area contributed by atoms with Crippen molar-refractivity contribution in [2.45, 2.75) is 0 Å². The molecule has 0 unspecified atom stereocenters. The van der Waals surface area contributed by atoms with E-state index < -0.39 is 5.78 Å². The molecule has 0 saturated heterocycles. The van der Waals surface area contributed by atoms with Crippen LogP contribution in [0.5, 0.6) is 0 Å². The van der Waals surface area contributed by atoms with E-state index in [-0.39, 0.29) is 11.5 Å². The van der Waals surface area contributed by atoms with Crippen molar-refractivity contribution in [1.29, 1.82) is 5.39 Å². The average Bonchev–Trinajstić information content (AvgIpc) is 2.41. The number of Topliss-reactive ketones (excluding diaryl/α,β-unsaturated/α-hetero) is 1. The summed E-state index contributed by atoms with van der Waals surface area (Å²) in [7, 11) is 0. The van der Waals surface area contributed by atoms with Gasteiger partial charge in [0.2, 0.25) is 11.2 Å². The van der Waals surface area contributed by atoms with Crippen LogP contribution in [-0.2, 0) is 0 Å². The molecule has 4 nitrogen and oxygen atoms in total. The lowest BCUT2D eigenvalue weighted by Crippen LogP contribution is -1.94. The number of rotatable bonds is 0. The summed E-state index contributed by atoms with van der Waals surface area (Å²) in [5, 5.41) is 17.9. The first kappa shape index (κ1) is 7.50. The van der Waals surface area contributed by atoms with Crippen LogP contribution < -0.4 is 0 Å². The molecule has 0 amide bonds. The number of carbonyl (C=O) groups is 1. The maximum atomic E-state index is 11.4. The summed E-state index contributed by atoms with van der Waals surface area (Å²) in [5.74, 6) is -0.710. The fourth-order valence-electron chi connectivity index (χ4n) is 1.34. The van der Waals surface area contributed by atoms with Crippen molar-refractivity contribution in [2.75, 3.05) is 0 Å². The lowest BCUT2D eigenvalue weighted by molar-refractivity contribution is 0.104. The van der Waals surface area contributed by atoms with Crippen LogP contribution in [0.3, 0.4) is 0 Å². The molecule has 4 heteroatoms. The van der Waals surface area contributed by atoms with E-state index in [1.54, 1.807) is 24.3 Å². The van der Waals surface area contributed by atoms with Gasteiger partial charge in [-0.1, -0.05) is 18.2 Å². The van der Waals surface area contributed by atoms with E-state index in [1.807, 2.05) is 0 Å². The highest BCUT2D eigenvalue weighted by molar-refractivity contribution is 6.20. The number of benzene rings is 1. The third-order valence-corrected chi connectivity index (χ3v) is 1.97. The van der Waals surface area contributed by atoms with Crippen LogP contribution in [0.15, 0.2) is 30.0 Å². The quantitative estimate of drug-likeness (QED) is 0.610. The number of hydrogen-bond acceptors (Lipinski definition) is 3. The van der Waals surface area contributed by atoms with E-state index in [0.717, 1.165) is 0 Å². The highest BCUT2D eigenvalue weighted by Crippen LogP contribution is 2.30. The predicted octanol–water partition coefficient (Wildman–Crippen LogP) is 1.96. The Hall–Kier alpha value is -2.15. The van der Waals surface area contributed by atoms with Crippen LogP contribution in [0.25, 0.3) is 10.7 Å². The third kappa shape index (κ3) is 0.842. The van der Waals surface area contributed by atoms with Crippen LogP contribution in [0, 0.1) is 5.39 Å². The number of ketones is 1. The molecule has 0 heterocycles. The van der Waals surface area contributed by atoms with E-state index in [2.05, 4.69) is 4.98 Å². The standard InChI is InChI=1S/C9H4N2O2/c10-11-7-8(12)5-3-1-2-4-6(5)9(7)13/h1-4H/p+1. The molecule has 2 rings (SSSR count). The van der Waals surface area contributed by atoms with Gasteiger partial charge in [0.25, 0.3) is 5.78 Å². The number of carbonyl (C=O) groups excluding carboxylic acids is 1. The number of hydrogen-bond donors (Lipinski definition) is 1. The number of aliphatic hydroxyl groups excluding tert-OH is 1. The largest absolute Gasteiger partial charge is 0.501 e. The molecule has 1 aliphatic carbocycles. The Balaban J connectivity index is 2.74. The van der Waals surface area contributed by atoms with E-state index in [0.29, 0.717) is 11.1 Å². The molecule has 0 bridgehead atoms. The average molecular weight is 173 g/mol.